The quantitative estimate of drug-likeness (QED) is 0.695. The molecule has 0 saturated carbocycles. The fourth-order valence-corrected chi connectivity index (χ4v) is 2.70. The molecule has 0 saturated heterocycles. The van der Waals surface area contributed by atoms with E-state index in [1.54, 1.807) is 24.3 Å². The Balaban J connectivity index is 2.33. The first-order valence-electron chi connectivity index (χ1n) is 9.10. The van der Waals surface area contributed by atoms with Gasteiger partial charge in [-0.15, -0.1) is 0 Å². The molecule has 1 amide bonds. The summed E-state index contributed by atoms with van der Waals surface area (Å²) in [4.78, 5) is 40.8. The second-order valence-corrected chi connectivity index (χ2v) is 6.15. The fraction of sp³-hybridized carbons (Fsp3) is 0.421. The zero-order valence-electron chi connectivity index (χ0n) is 15.7. The van der Waals surface area contributed by atoms with Crippen molar-refractivity contribution in [1.82, 2.24) is 9.55 Å². The van der Waals surface area contributed by atoms with Gasteiger partial charge in [-0.2, -0.15) is 0 Å². The summed E-state index contributed by atoms with van der Waals surface area (Å²) in [6, 6.07) is 8.93. The number of nitrogens with two attached hydrogens (primary N) is 1. The number of carbonyl (C=O) groups excluding carboxylic acids is 1. The Labute approximate surface area is 157 Å². The monoisotopic (exact) mass is 374 g/mol. The van der Waals surface area contributed by atoms with Crippen molar-refractivity contribution in [2.45, 2.75) is 39.7 Å². The maximum Gasteiger partial charge on any atom is 0.330 e. The summed E-state index contributed by atoms with van der Waals surface area (Å²) in [5, 5.41) is 0. The van der Waals surface area contributed by atoms with Crippen LogP contribution in [-0.2, 0) is 11.3 Å². The number of nitrogens with zero attached hydrogens (tertiary/aromatic N) is 2. The van der Waals surface area contributed by atoms with E-state index < -0.39 is 17.2 Å². The van der Waals surface area contributed by atoms with Crippen molar-refractivity contribution < 1.29 is 9.53 Å². The molecule has 146 valence electrons. The van der Waals surface area contributed by atoms with Crippen molar-refractivity contribution in [3.63, 3.8) is 0 Å². The maximum atomic E-state index is 12.7. The maximum absolute atomic E-state index is 12.7. The Kier molecular flexibility index (Phi) is 7.22. The smallest absolute Gasteiger partial charge is 0.330 e. The van der Waals surface area contributed by atoms with Gasteiger partial charge in [0.25, 0.3) is 11.5 Å². The lowest BCUT2D eigenvalue weighted by Crippen LogP contribution is -2.43. The SMILES string of the molecule is CCCCn1c(N)c(N(CCC)C(=O)COc2ccccc2)c(=O)[nH]c1=O. The molecule has 0 radical (unpaired) electrons. The van der Waals surface area contributed by atoms with Gasteiger partial charge in [-0.25, -0.2) is 4.79 Å². The van der Waals surface area contributed by atoms with Crippen molar-refractivity contribution in [2.24, 2.45) is 0 Å². The minimum absolute atomic E-state index is 0.00119. The summed E-state index contributed by atoms with van der Waals surface area (Å²) in [7, 11) is 0. The number of carbonyl (C=O) groups is 1. The van der Waals surface area contributed by atoms with Crippen LogP contribution in [0.3, 0.4) is 0 Å². The van der Waals surface area contributed by atoms with E-state index in [1.165, 1.54) is 9.47 Å². The highest BCUT2D eigenvalue weighted by Gasteiger charge is 2.24. The van der Waals surface area contributed by atoms with Crippen LogP contribution in [0, 0.1) is 0 Å². The van der Waals surface area contributed by atoms with E-state index in [0.717, 1.165) is 12.8 Å². The molecule has 0 atom stereocenters. The summed E-state index contributed by atoms with van der Waals surface area (Å²) >= 11 is 0. The minimum Gasteiger partial charge on any atom is -0.484 e. The highest BCUT2D eigenvalue weighted by atomic mass is 16.5. The molecule has 8 nitrogen and oxygen atoms in total. The molecule has 27 heavy (non-hydrogen) atoms. The molecule has 2 rings (SSSR count). The molecular formula is C19H26N4O4. The molecule has 1 aromatic carbocycles. The summed E-state index contributed by atoms with van der Waals surface area (Å²) in [5.41, 5.74) is 4.86. The van der Waals surface area contributed by atoms with E-state index in [0.29, 0.717) is 18.7 Å². The molecule has 1 aromatic heterocycles. The lowest BCUT2D eigenvalue weighted by Gasteiger charge is -2.24. The van der Waals surface area contributed by atoms with Crippen LogP contribution < -0.4 is 26.6 Å². The summed E-state index contributed by atoms with van der Waals surface area (Å²) in [6.45, 7) is 4.30. The Bertz CT molecular complexity index is 874. The Morgan fingerprint density at radius 2 is 1.89 bits per heavy atom. The number of unbranched alkanes of at least 4 members (excludes halogenated alkanes) is 1. The van der Waals surface area contributed by atoms with E-state index in [2.05, 4.69) is 4.98 Å². The van der Waals surface area contributed by atoms with E-state index in [-0.39, 0.29) is 24.7 Å². The largest absolute Gasteiger partial charge is 0.484 e. The fourth-order valence-electron chi connectivity index (χ4n) is 2.70. The van der Waals surface area contributed by atoms with Crippen LogP contribution in [0.15, 0.2) is 39.9 Å². The normalized spacial score (nSPS) is 10.6. The third-order valence-corrected chi connectivity index (χ3v) is 4.07. The first-order valence-corrected chi connectivity index (χ1v) is 9.10. The minimum atomic E-state index is -0.674. The number of amides is 1. The van der Waals surface area contributed by atoms with Gasteiger partial charge in [-0.05, 0) is 25.0 Å². The van der Waals surface area contributed by atoms with E-state index in [4.69, 9.17) is 10.5 Å². The van der Waals surface area contributed by atoms with Crippen molar-refractivity contribution in [3.8, 4) is 5.75 Å². The zero-order valence-corrected chi connectivity index (χ0v) is 15.7. The number of para-hydroxylation sites is 1. The number of hydrogen-bond donors (Lipinski definition) is 2. The Morgan fingerprint density at radius 1 is 1.19 bits per heavy atom. The van der Waals surface area contributed by atoms with Crippen LogP contribution in [0.4, 0.5) is 11.5 Å². The third kappa shape index (κ3) is 4.99. The number of H-pyrrole nitrogens is 1. The second-order valence-electron chi connectivity index (χ2n) is 6.15. The second kappa shape index (κ2) is 9.61. The van der Waals surface area contributed by atoms with Crippen LogP contribution in [0.2, 0.25) is 0 Å². The summed E-state index contributed by atoms with van der Waals surface area (Å²) in [5.74, 6) is 0.148. The van der Waals surface area contributed by atoms with Crippen LogP contribution >= 0.6 is 0 Å². The highest BCUT2D eigenvalue weighted by Crippen LogP contribution is 2.18. The number of rotatable bonds is 9. The number of nitrogens with one attached hydrogen (secondary N) is 1. The predicted molar refractivity (Wildman–Crippen MR) is 105 cm³/mol. The number of aromatic nitrogens is 2. The Hall–Kier alpha value is -3.03. The van der Waals surface area contributed by atoms with Crippen LogP contribution in [0.25, 0.3) is 0 Å². The average molecular weight is 374 g/mol. The van der Waals surface area contributed by atoms with E-state index in [9.17, 15) is 14.4 Å². The van der Waals surface area contributed by atoms with Gasteiger partial charge in [0.1, 0.15) is 11.6 Å². The van der Waals surface area contributed by atoms with Gasteiger partial charge in [-0.3, -0.25) is 19.1 Å². The molecule has 3 N–H and O–H groups in total. The third-order valence-electron chi connectivity index (χ3n) is 4.07. The number of ether oxygens (including phenoxy) is 1. The number of nitrogen functional groups attached to an aromatic ring is 1. The molecule has 1 heterocycles. The molecule has 0 aliphatic rings. The van der Waals surface area contributed by atoms with Gasteiger partial charge >= 0.3 is 5.69 Å². The zero-order chi connectivity index (χ0) is 19.8. The predicted octanol–water partition coefficient (Wildman–Crippen LogP) is 1.74. The average Bonchev–Trinajstić information content (AvgIpc) is 2.66. The molecule has 0 aliphatic heterocycles. The van der Waals surface area contributed by atoms with E-state index in [1.807, 2.05) is 19.9 Å². The first-order chi connectivity index (χ1) is 13.0. The van der Waals surface area contributed by atoms with Crippen molar-refractivity contribution >= 4 is 17.4 Å². The van der Waals surface area contributed by atoms with Crippen LogP contribution in [0.1, 0.15) is 33.1 Å². The topological polar surface area (TPSA) is 110 Å². The van der Waals surface area contributed by atoms with Gasteiger partial charge in [0.2, 0.25) is 0 Å². The molecule has 0 aliphatic carbocycles. The van der Waals surface area contributed by atoms with Gasteiger partial charge in [0.15, 0.2) is 12.3 Å². The van der Waals surface area contributed by atoms with Gasteiger partial charge < -0.3 is 15.4 Å². The first kappa shape index (κ1) is 20.3. The van der Waals surface area contributed by atoms with Crippen molar-refractivity contribution in [3.05, 3.63) is 51.2 Å². The van der Waals surface area contributed by atoms with Gasteiger partial charge in [0.05, 0.1) is 0 Å². The number of benzene rings is 1. The van der Waals surface area contributed by atoms with Crippen LogP contribution in [0.5, 0.6) is 5.75 Å². The van der Waals surface area contributed by atoms with Crippen molar-refractivity contribution in [1.29, 1.82) is 0 Å². The molecule has 8 heteroatoms. The number of aromatic amines is 1. The lowest BCUT2D eigenvalue weighted by atomic mass is 10.3. The summed E-state index contributed by atoms with van der Waals surface area (Å²) < 4.78 is 6.80. The van der Waals surface area contributed by atoms with Crippen LogP contribution in [-0.4, -0.2) is 28.6 Å². The highest BCUT2D eigenvalue weighted by molar-refractivity contribution is 5.96. The molecule has 0 fully saturated rings. The Morgan fingerprint density at radius 3 is 2.52 bits per heavy atom. The molecule has 0 spiro atoms. The molecular weight excluding hydrogens is 348 g/mol. The summed E-state index contributed by atoms with van der Waals surface area (Å²) in [6.07, 6.45) is 2.21. The van der Waals surface area contributed by atoms with Gasteiger partial charge in [0, 0.05) is 13.1 Å². The number of anilines is 2. The van der Waals surface area contributed by atoms with Crippen molar-refractivity contribution in [2.75, 3.05) is 23.8 Å². The van der Waals surface area contributed by atoms with E-state index >= 15 is 0 Å². The molecule has 0 bridgehead atoms. The molecule has 2 aromatic rings. The lowest BCUT2D eigenvalue weighted by molar-refractivity contribution is -0.120. The standard InChI is InChI=1S/C19H26N4O4/c1-3-5-12-23-17(20)16(18(25)21-19(23)26)22(11-4-2)15(24)13-27-14-9-7-6-8-10-14/h6-10H,3-5,11-13,20H2,1-2H3,(H,21,25,26). The number of hydrogen-bond acceptors (Lipinski definition) is 5. The van der Waals surface area contributed by atoms with Gasteiger partial charge in [-0.1, -0.05) is 38.5 Å². The molecule has 0 unspecified atom stereocenters.